The van der Waals surface area contributed by atoms with E-state index in [1.54, 1.807) is 24.3 Å². The molecule has 0 spiro atoms. The Hall–Kier alpha value is -1.19. The van der Waals surface area contributed by atoms with Gasteiger partial charge < -0.3 is 5.32 Å². The van der Waals surface area contributed by atoms with Crippen LogP contribution in [0.5, 0.6) is 0 Å². The molecule has 114 valence electrons. The largest absolute Gasteiger partial charge is 0.309 e. The number of aryl methyl sites for hydroxylation is 1. The second-order valence-electron chi connectivity index (χ2n) is 5.84. The van der Waals surface area contributed by atoms with Crippen LogP contribution >= 0.6 is 11.3 Å². The van der Waals surface area contributed by atoms with Crippen LogP contribution < -0.4 is 5.32 Å². The van der Waals surface area contributed by atoms with Gasteiger partial charge in [0.1, 0.15) is 5.82 Å². The second-order valence-corrected chi connectivity index (χ2v) is 6.96. The zero-order chi connectivity index (χ0) is 15.4. The molecule has 21 heavy (non-hydrogen) atoms. The molecule has 0 saturated carbocycles. The van der Waals surface area contributed by atoms with Gasteiger partial charge in [-0.2, -0.15) is 0 Å². The summed E-state index contributed by atoms with van der Waals surface area (Å²) >= 11 is 1.76. The summed E-state index contributed by atoms with van der Waals surface area (Å²) in [4.78, 5) is 2.46. The normalized spacial score (nSPS) is 12.9. The Morgan fingerprint density at radius 3 is 2.57 bits per heavy atom. The molecule has 1 atom stereocenters. The minimum Gasteiger partial charge on any atom is -0.309 e. The molecule has 0 amide bonds. The summed E-state index contributed by atoms with van der Waals surface area (Å²) in [5.41, 5.74) is 1.66. The lowest BCUT2D eigenvalue weighted by Gasteiger charge is -2.20. The van der Waals surface area contributed by atoms with Crippen molar-refractivity contribution in [1.82, 2.24) is 5.32 Å². The molecule has 0 fully saturated rings. The van der Waals surface area contributed by atoms with Gasteiger partial charge >= 0.3 is 0 Å². The highest BCUT2D eigenvalue weighted by Gasteiger charge is 2.17. The Kier molecular flexibility index (Phi) is 5.54. The smallest absolute Gasteiger partial charge is 0.126 e. The molecule has 0 aliphatic heterocycles. The number of benzene rings is 1. The minimum atomic E-state index is -0.132. The highest BCUT2D eigenvalue weighted by molar-refractivity contribution is 7.15. The van der Waals surface area contributed by atoms with Gasteiger partial charge in [0, 0.05) is 15.8 Å². The molecular weight excluding hydrogens is 281 g/mol. The lowest BCUT2D eigenvalue weighted by atomic mass is 10.0. The molecule has 1 aromatic heterocycles. The zero-order valence-electron chi connectivity index (χ0n) is 13.2. The maximum atomic E-state index is 13.7. The molecule has 2 aromatic rings. The van der Waals surface area contributed by atoms with Crippen molar-refractivity contribution in [2.24, 2.45) is 5.92 Å². The van der Waals surface area contributed by atoms with Gasteiger partial charge in [-0.15, -0.1) is 11.3 Å². The molecule has 1 N–H and O–H groups in total. The van der Waals surface area contributed by atoms with Crippen molar-refractivity contribution < 1.29 is 4.39 Å². The van der Waals surface area contributed by atoms with Crippen LogP contribution in [0.3, 0.4) is 0 Å². The summed E-state index contributed by atoms with van der Waals surface area (Å²) in [5.74, 6) is 0.407. The van der Waals surface area contributed by atoms with Crippen molar-refractivity contribution in [1.29, 1.82) is 0 Å². The van der Waals surface area contributed by atoms with E-state index in [1.165, 1.54) is 4.88 Å². The maximum absolute atomic E-state index is 13.7. The highest BCUT2D eigenvalue weighted by Crippen LogP contribution is 2.34. The Morgan fingerprint density at radius 2 is 1.95 bits per heavy atom. The fourth-order valence-electron chi connectivity index (χ4n) is 2.39. The van der Waals surface area contributed by atoms with Gasteiger partial charge in [0.2, 0.25) is 0 Å². The average molecular weight is 305 g/mol. The standard InChI is InChI=1S/C18H24FNS/c1-5-10-20-18(12(2)3)17-9-8-16(21-17)14-7-6-13(4)15(19)11-14/h6-9,11-12,18,20H,5,10H2,1-4H3. The van der Waals surface area contributed by atoms with Crippen LogP contribution in [0.1, 0.15) is 43.7 Å². The molecule has 3 heteroatoms. The third-order valence-electron chi connectivity index (χ3n) is 3.67. The van der Waals surface area contributed by atoms with Crippen molar-refractivity contribution in [2.45, 2.75) is 40.2 Å². The van der Waals surface area contributed by atoms with Crippen LogP contribution in [-0.2, 0) is 0 Å². The van der Waals surface area contributed by atoms with Gasteiger partial charge in [-0.25, -0.2) is 4.39 Å². The number of thiophene rings is 1. The van der Waals surface area contributed by atoms with Crippen LogP contribution in [0.15, 0.2) is 30.3 Å². The first-order valence-corrected chi connectivity index (χ1v) is 8.44. The first-order valence-electron chi connectivity index (χ1n) is 7.62. The van der Waals surface area contributed by atoms with Crippen LogP contribution in [0.4, 0.5) is 4.39 Å². The molecule has 1 nitrogen and oxygen atoms in total. The lowest BCUT2D eigenvalue weighted by molar-refractivity contribution is 0.418. The van der Waals surface area contributed by atoms with E-state index in [4.69, 9.17) is 0 Å². The predicted octanol–water partition coefficient (Wildman–Crippen LogP) is 5.56. The van der Waals surface area contributed by atoms with E-state index in [0.29, 0.717) is 17.5 Å². The quantitative estimate of drug-likeness (QED) is 0.736. The fraction of sp³-hybridized carbons (Fsp3) is 0.444. The van der Waals surface area contributed by atoms with Crippen LogP contribution in [0, 0.1) is 18.7 Å². The van der Waals surface area contributed by atoms with Crippen LogP contribution in [-0.4, -0.2) is 6.54 Å². The van der Waals surface area contributed by atoms with Crippen molar-refractivity contribution in [2.75, 3.05) is 6.54 Å². The Labute approximate surface area is 131 Å². The first kappa shape index (κ1) is 16.2. The van der Waals surface area contributed by atoms with E-state index in [1.807, 2.05) is 12.1 Å². The monoisotopic (exact) mass is 305 g/mol. The maximum Gasteiger partial charge on any atom is 0.126 e. The first-order chi connectivity index (χ1) is 10.0. The number of rotatable bonds is 6. The summed E-state index contributed by atoms with van der Waals surface area (Å²) in [5, 5.41) is 3.61. The predicted molar refractivity (Wildman–Crippen MR) is 90.3 cm³/mol. The molecule has 0 bridgehead atoms. The van der Waals surface area contributed by atoms with Crippen molar-refractivity contribution in [3.05, 3.63) is 46.6 Å². The van der Waals surface area contributed by atoms with Crippen molar-refractivity contribution in [3.63, 3.8) is 0 Å². The molecule has 0 saturated heterocycles. The average Bonchev–Trinajstić information content (AvgIpc) is 2.91. The molecule has 1 unspecified atom stereocenters. The summed E-state index contributed by atoms with van der Waals surface area (Å²) in [6.07, 6.45) is 1.13. The summed E-state index contributed by atoms with van der Waals surface area (Å²) in [6.45, 7) is 9.47. The number of hydrogen-bond acceptors (Lipinski definition) is 2. The minimum absolute atomic E-state index is 0.132. The van der Waals surface area contributed by atoms with Crippen molar-refractivity contribution >= 4 is 11.3 Å². The Morgan fingerprint density at radius 1 is 1.19 bits per heavy atom. The second kappa shape index (κ2) is 7.19. The molecular formula is C18H24FNS. The van der Waals surface area contributed by atoms with E-state index >= 15 is 0 Å². The number of hydrogen-bond donors (Lipinski definition) is 1. The summed E-state index contributed by atoms with van der Waals surface area (Å²) in [7, 11) is 0. The van der Waals surface area contributed by atoms with Gasteiger partial charge in [0.25, 0.3) is 0 Å². The van der Waals surface area contributed by atoms with E-state index < -0.39 is 0 Å². The van der Waals surface area contributed by atoms with Gasteiger partial charge in [0.15, 0.2) is 0 Å². The Balaban J connectivity index is 2.25. The third kappa shape index (κ3) is 3.92. The van der Waals surface area contributed by atoms with E-state index in [9.17, 15) is 4.39 Å². The molecule has 0 aliphatic rings. The van der Waals surface area contributed by atoms with Gasteiger partial charge in [0.05, 0.1) is 0 Å². The van der Waals surface area contributed by atoms with Crippen LogP contribution in [0.2, 0.25) is 0 Å². The van der Waals surface area contributed by atoms with Gasteiger partial charge in [-0.1, -0.05) is 32.9 Å². The van der Waals surface area contributed by atoms with E-state index in [2.05, 4.69) is 38.2 Å². The summed E-state index contributed by atoms with van der Waals surface area (Å²) in [6, 6.07) is 10.1. The molecule has 0 aliphatic carbocycles. The summed E-state index contributed by atoms with van der Waals surface area (Å²) < 4.78 is 13.7. The molecule has 1 heterocycles. The topological polar surface area (TPSA) is 12.0 Å². The zero-order valence-corrected chi connectivity index (χ0v) is 14.1. The van der Waals surface area contributed by atoms with Crippen LogP contribution in [0.25, 0.3) is 10.4 Å². The Bertz CT molecular complexity index is 589. The molecule has 0 radical (unpaired) electrons. The van der Waals surface area contributed by atoms with E-state index in [-0.39, 0.29) is 5.82 Å². The third-order valence-corrected chi connectivity index (χ3v) is 4.89. The SMILES string of the molecule is CCCNC(c1ccc(-c2ccc(C)c(F)c2)s1)C(C)C. The number of nitrogens with one attached hydrogen (secondary N) is 1. The van der Waals surface area contributed by atoms with Gasteiger partial charge in [-0.05, 0) is 55.1 Å². The van der Waals surface area contributed by atoms with E-state index in [0.717, 1.165) is 23.4 Å². The van der Waals surface area contributed by atoms with Crippen molar-refractivity contribution in [3.8, 4) is 10.4 Å². The molecule has 1 aromatic carbocycles. The fourth-order valence-corrected chi connectivity index (χ4v) is 3.64. The van der Waals surface area contributed by atoms with Gasteiger partial charge in [-0.3, -0.25) is 0 Å². The highest BCUT2D eigenvalue weighted by atomic mass is 32.1. The molecule has 2 rings (SSSR count). The number of halogens is 1. The lowest BCUT2D eigenvalue weighted by Crippen LogP contribution is -2.25.